The number of carbonyl (C=O) groups excluding carboxylic acids is 1. The Balaban J connectivity index is 2.18. The number of carbonyl (C=O) groups is 1. The number of benzene rings is 2. The summed E-state index contributed by atoms with van der Waals surface area (Å²) in [6, 6.07) is 6.61. The number of anilines is 1. The summed E-state index contributed by atoms with van der Waals surface area (Å²) in [5, 5.41) is -0.188. The minimum atomic E-state index is -4.35. The van der Waals surface area contributed by atoms with E-state index >= 15 is 4.39 Å². The van der Waals surface area contributed by atoms with Gasteiger partial charge < -0.3 is 14.2 Å². The summed E-state index contributed by atoms with van der Waals surface area (Å²) in [7, 11) is -0.353. The number of hydrogen-bond donors (Lipinski definition) is 0. The van der Waals surface area contributed by atoms with Crippen molar-refractivity contribution >= 4 is 44.8 Å². The molecule has 0 saturated carbocycles. The Morgan fingerprint density at radius 3 is 2.53 bits per heavy atom. The van der Waals surface area contributed by atoms with Crippen molar-refractivity contribution in [3.8, 4) is 11.5 Å². The third-order valence-corrected chi connectivity index (χ3v) is 7.45. The zero-order valence-electron chi connectivity index (χ0n) is 17.0. The second-order valence-electron chi connectivity index (χ2n) is 6.17. The molecule has 0 spiro atoms. The first-order valence-electron chi connectivity index (χ1n) is 8.80. The maximum atomic E-state index is 15.1. The van der Waals surface area contributed by atoms with Gasteiger partial charge in [-0.25, -0.2) is 14.2 Å². The van der Waals surface area contributed by atoms with Gasteiger partial charge in [0.15, 0.2) is 0 Å². The maximum absolute atomic E-state index is 15.1. The van der Waals surface area contributed by atoms with Crippen LogP contribution in [-0.4, -0.2) is 45.1 Å². The third-order valence-electron chi connectivity index (χ3n) is 4.37. The molecule has 0 N–H and O–H groups in total. The van der Waals surface area contributed by atoms with E-state index in [9.17, 15) is 13.2 Å². The van der Waals surface area contributed by atoms with Crippen LogP contribution in [-0.2, 0) is 21.3 Å². The Hall–Kier alpha value is -2.96. The summed E-state index contributed by atoms with van der Waals surface area (Å²) in [5.41, 5.74) is -0.226. The highest BCUT2D eigenvalue weighted by atomic mass is 35.5. The van der Waals surface area contributed by atoms with Crippen LogP contribution < -0.4 is 13.8 Å². The molecule has 0 saturated heterocycles. The van der Waals surface area contributed by atoms with Gasteiger partial charge in [0.25, 0.3) is 10.0 Å². The van der Waals surface area contributed by atoms with E-state index in [0.29, 0.717) is 28.6 Å². The lowest BCUT2D eigenvalue weighted by Gasteiger charge is -2.25. The number of hydrogen-bond acceptors (Lipinski definition) is 9. The van der Waals surface area contributed by atoms with E-state index in [2.05, 4.69) is 14.1 Å². The monoisotopic (exact) mass is 501 g/mol. The van der Waals surface area contributed by atoms with E-state index in [1.54, 1.807) is 18.2 Å². The lowest BCUT2D eigenvalue weighted by Crippen LogP contribution is -2.31. The number of methoxy groups -OCH3 is 3. The van der Waals surface area contributed by atoms with Crippen LogP contribution in [0.4, 0.5) is 10.1 Å². The first-order valence-corrected chi connectivity index (χ1v) is 11.4. The fraction of sp³-hybridized carbons (Fsp3) is 0.211. The molecule has 0 unspecified atom stereocenters. The van der Waals surface area contributed by atoms with Crippen molar-refractivity contribution in [1.82, 2.24) is 9.36 Å². The van der Waals surface area contributed by atoms with Crippen LogP contribution in [0.25, 0.3) is 0 Å². The third kappa shape index (κ3) is 4.61. The van der Waals surface area contributed by atoms with E-state index in [1.807, 2.05) is 0 Å². The smallest absolute Gasteiger partial charge is 0.339 e. The minimum Gasteiger partial charge on any atom is -0.497 e. The molecule has 170 valence electrons. The summed E-state index contributed by atoms with van der Waals surface area (Å²) in [4.78, 5) is 15.6. The molecule has 1 aromatic heterocycles. The summed E-state index contributed by atoms with van der Waals surface area (Å²) in [6.45, 7) is -0.333. The van der Waals surface area contributed by atoms with Crippen LogP contribution in [0.5, 0.6) is 11.5 Å². The minimum absolute atomic E-state index is 0.188. The molecule has 2 aromatic carbocycles. The molecule has 3 rings (SSSR count). The molecule has 1 heterocycles. The van der Waals surface area contributed by atoms with Crippen molar-refractivity contribution in [2.45, 2.75) is 10.9 Å². The van der Waals surface area contributed by atoms with Crippen LogP contribution in [0.1, 0.15) is 15.9 Å². The summed E-state index contributed by atoms with van der Waals surface area (Å²) >= 11 is 6.77. The number of esters is 1. The second-order valence-corrected chi connectivity index (χ2v) is 9.39. The summed E-state index contributed by atoms with van der Waals surface area (Å²) in [5.74, 6) is -1.06. The number of sulfonamides is 1. The van der Waals surface area contributed by atoms with Gasteiger partial charge in [-0.05, 0) is 35.8 Å². The number of rotatable bonds is 8. The molecule has 3 aromatic rings. The fourth-order valence-corrected chi connectivity index (χ4v) is 5.17. The Labute approximate surface area is 192 Å². The van der Waals surface area contributed by atoms with Gasteiger partial charge in [0, 0.05) is 11.6 Å². The Morgan fingerprint density at radius 1 is 1.19 bits per heavy atom. The lowest BCUT2D eigenvalue weighted by atomic mass is 10.1. The van der Waals surface area contributed by atoms with Gasteiger partial charge in [-0.2, -0.15) is 12.8 Å². The average Bonchev–Trinajstić information content (AvgIpc) is 3.34. The quantitative estimate of drug-likeness (QED) is 0.431. The molecule has 0 radical (unpaired) electrons. The van der Waals surface area contributed by atoms with E-state index in [1.165, 1.54) is 14.2 Å². The summed E-state index contributed by atoms with van der Waals surface area (Å²) in [6.07, 6.45) is 1.08. The molecule has 13 heteroatoms. The van der Waals surface area contributed by atoms with Gasteiger partial charge in [-0.15, -0.1) is 0 Å². The van der Waals surface area contributed by atoms with E-state index in [4.69, 9.17) is 21.1 Å². The van der Waals surface area contributed by atoms with E-state index in [0.717, 1.165) is 29.9 Å². The molecule has 0 aliphatic carbocycles. The Kier molecular flexibility index (Phi) is 7.16. The first kappa shape index (κ1) is 23.7. The van der Waals surface area contributed by atoms with Crippen molar-refractivity contribution in [1.29, 1.82) is 0 Å². The highest BCUT2D eigenvalue weighted by Gasteiger charge is 2.32. The number of halogens is 2. The SMILES string of the molecule is COC(=O)c1cc(F)c(N(Cc2ccc(OC)cc2OC)S(=O)(=O)c2ncns2)cc1Cl. The Morgan fingerprint density at radius 2 is 1.94 bits per heavy atom. The van der Waals surface area contributed by atoms with Gasteiger partial charge in [0.2, 0.25) is 4.34 Å². The maximum Gasteiger partial charge on any atom is 0.339 e. The fourth-order valence-electron chi connectivity index (χ4n) is 2.80. The second kappa shape index (κ2) is 9.67. The van der Waals surface area contributed by atoms with Gasteiger partial charge in [-0.1, -0.05) is 11.6 Å². The van der Waals surface area contributed by atoms with Crippen LogP contribution in [0.15, 0.2) is 41.0 Å². The molecule has 9 nitrogen and oxygen atoms in total. The number of nitrogens with zero attached hydrogens (tertiary/aromatic N) is 3. The number of aromatic nitrogens is 2. The predicted octanol–water partition coefficient (Wildman–Crippen LogP) is 3.53. The normalized spacial score (nSPS) is 11.2. The summed E-state index contributed by atoms with van der Waals surface area (Å²) < 4.78 is 61.0. The topological polar surface area (TPSA) is 108 Å². The van der Waals surface area contributed by atoms with Gasteiger partial charge in [0.05, 0.1) is 44.1 Å². The number of ether oxygens (including phenoxy) is 3. The van der Waals surface area contributed by atoms with Crippen LogP contribution in [0.3, 0.4) is 0 Å². The van der Waals surface area contributed by atoms with Crippen molar-refractivity contribution in [3.63, 3.8) is 0 Å². The Bertz CT molecular complexity index is 1240. The van der Waals surface area contributed by atoms with Crippen LogP contribution in [0, 0.1) is 5.82 Å². The van der Waals surface area contributed by atoms with Crippen molar-refractivity contribution in [3.05, 3.63) is 58.6 Å². The van der Waals surface area contributed by atoms with Gasteiger partial charge >= 0.3 is 5.97 Å². The van der Waals surface area contributed by atoms with Gasteiger partial charge in [-0.3, -0.25) is 4.31 Å². The van der Waals surface area contributed by atoms with Crippen LogP contribution >= 0.6 is 23.1 Å². The standard InChI is InChI=1S/C19H17ClFN3O6S2/c1-28-12-5-4-11(17(6-12)29-2)9-24(32(26,27)19-22-10-23-31-19)16-8-14(20)13(7-15(16)21)18(25)30-3/h4-8,10H,9H2,1-3H3. The largest absolute Gasteiger partial charge is 0.497 e. The zero-order chi connectivity index (χ0) is 23.5. The highest BCUT2D eigenvalue weighted by Crippen LogP contribution is 2.35. The van der Waals surface area contributed by atoms with Gasteiger partial charge in [0.1, 0.15) is 23.6 Å². The van der Waals surface area contributed by atoms with Crippen molar-refractivity contribution in [2.75, 3.05) is 25.6 Å². The average molecular weight is 502 g/mol. The molecular formula is C19H17ClFN3O6S2. The molecule has 0 aliphatic rings. The highest BCUT2D eigenvalue weighted by molar-refractivity contribution is 7.94. The molecule has 0 fully saturated rings. The molecule has 0 amide bonds. The predicted molar refractivity (Wildman–Crippen MR) is 116 cm³/mol. The van der Waals surface area contributed by atoms with E-state index < -0.39 is 27.5 Å². The van der Waals surface area contributed by atoms with Crippen molar-refractivity contribution in [2.24, 2.45) is 0 Å². The molecular weight excluding hydrogens is 485 g/mol. The van der Waals surface area contributed by atoms with Crippen molar-refractivity contribution < 1.29 is 31.8 Å². The molecule has 0 aliphatic heterocycles. The van der Waals surface area contributed by atoms with E-state index in [-0.39, 0.29) is 21.5 Å². The molecule has 32 heavy (non-hydrogen) atoms. The lowest BCUT2D eigenvalue weighted by molar-refractivity contribution is 0.0600. The van der Waals surface area contributed by atoms with Crippen LogP contribution in [0.2, 0.25) is 5.02 Å². The molecule has 0 atom stereocenters. The zero-order valence-corrected chi connectivity index (χ0v) is 19.4. The first-order chi connectivity index (χ1) is 15.2. The molecule has 0 bridgehead atoms.